The Kier molecular flexibility index (Phi) is 3.35. The van der Waals surface area contributed by atoms with Crippen LogP contribution in [-0.2, 0) is 7.05 Å². The SMILES string of the molecule is Cn1cc(Cl)c(C(=O)/C=C/c2ccccn2)n1. The summed E-state index contributed by atoms with van der Waals surface area (Å²) < 4.78 is 1.50. The molecule has 0 aliphatic heterocycles. The van der Waals surface area contributed by atoms with Crippen LogP contribution in [0, 0.1) is 0 Å². The molecule has 2 rings (SSSR count). The summed E-state index contributed by atoms with van der Waals surface area (Å²) in [6.07, 6.45) is 6.30. The number of hydrogen-bond donors (Lipinski definition) is 0. The van der Waals surface area contributed by atoms with Crippen LogP contribution in [0.2, 0.25) is 5.02 Å². The van der Waals surface area contributed by atoms with Crippen molar-refractivity contribution in [1.82, 2.24) is 14.8 Å². The molecule has 2 aromatic rings. The molecule has 0 radical (unpaired) electrons. The van der Waals surface area contributed by atoms with E-state index in [0.29, 0.717) is 10.7 Å². The maximum atomic E-state index is 11.8. The Balaban J connectivity index is 2.18. The highest BCUT2D eigenvalue weighted by atomic mass is 35.5. The maximum Gasteiger partial charge on any atom is 0.207 e. The molecule has 0 atom stereocenters. The van der Waals surface area contributed by atoms with Crippen LogP contribution in [0.1, 0.15) is 16.2 Å². The van der Waals surface area contributed by atoms with Gasteiger partial charge in [-0.15, -0.1) is 0 Å². The first kappa shape index (κ1) is 11.5. The molecule has 2 aromatic heterocycles. The van der Waals surface area contributed by atoms with Crippen molar-refractivity contribution in [1.29, 1.82) is 0 Å². The van der Waals surface area contributed by atoms with Crippen LogP contribution in [0.3, 0.4) is 0 Å². The highest BCUT2D eigenvalue weighted by molar-refractivity contribution is 6.34. The number of carbonyl (C=O) groups excluding carboxylic acids is 1. The molecule has 2 heterocycles. The Labute approximate surface area is 104 Å². The first-order valence-corrected chi connectivity index (χ1v) is 5.37. The van der Waals surface area contributed by atoms with Gasteiger partial charge in [0.05, 0.1) is 10.7 Å². The highest BCUT2D eigenvalue weighted by Gasteiger charge is 2.11. The summed E-state index contributed by atoms with van der Waals surface area (Å²) in [7, 11) is 1.71. The summed E-state index contributed by atoms with van der Waals surface area (Å²) in [5.74, 6) is -0.235. The van der Waals surface area contributed by atoms with Gasteiger partial charge >= 0.3 is 0 Å². The van der Waals surface area contributed by atoms with Gasteiger partial charge in [-0.05, 0) is 24.3 Å². The fourth-order valence-corrected chi connectivity index (χ4v) is 1.61. The number of rotatable bonds is 3. The van der Waals surface area contributed by atoms with E-state index in [1.165, 1.54) is 10.8 Å². The summed E-state index contributed by atoms with van der Waals surface area (Å²) in [5, 5.41) is 4.34. The van der Waals surface area contributed by atoms with Gasteiger partial charge in [-0.1, -0.05) is 17.7 Å². The van der Waals surface area contributed by atoms with Crippen LogP contribution >= 0.6 is 11.6 Å². The minimum absolute atomic E-state index is 0.235. The number of hydrogen-bond acceptors (Lipinski definition) is 3. The van der Waals surface area contributed by atoms with Gasteiger partial charge in [-0.2, -0.15) is 5.10 Å². The third-order valence-electron chi connectivity index (χ3n) is 2.11. The van der Waals surface area contributed by atoms with Crippen LogP contribution in [0.15, 0.2) is 36.7 Å². The lowest BCUT2D eigenvalue weighted by Gasteiger charge is -1.91. The first-order chi connectivity index (χ1) is 8.16. The number of aromatic nitrogens is 3. The van der Waals surface area contributed by atoms with Crippen LogP contribution < -0.4 is 0 Å². The van der Waals surface area contributed by atoms with E-state index in [0.717, 1.165) is 0 Å². The van der Waals surface area contributed by atoms with Crippen molar-refractivity contribution in [3.05, 3.63) is 53.1 Å². The molecule has 0 fully saturated rings. The second-order valence-electron chi connectivity index (χ2n) is 3.45. The highest BCUT2D eigenvalue weighted by Crippen LogP contribution is 2.14. The Morgan fingerprint density at radius 3 is 2.88 bits per heavy atom. The van der Waals surface area contributed by atoms with Crippen molar-refractivity contribution in [2.24, 2.45) is 7.05 Å². The molecule has 0 aromatic carbocycles. The van der Waals surface area contributed by atoms with Crippen LogP contribution in [0.5, 0.6) is 0 Å². The molecule has 0 amide bonds. The lowest BCUT2D eigenvalue weighted by molar-refractivity contribution is 0.104. The van der Waals surface area contributed by atoms with Crippen LogP contribution in [-0.4, -0.2) is 20.5 Å². The van der Waals surface area contributed by atoms with E-state index >= 15 is 0 Å². The summed E-state index contributed by atoms with van der Waals surface area (Å²) in [6, 6.07) is 5.48. The minimum atomic E-state index is -0.235. The number of nitrogens with zero attached hydrogens (tertiary/aromatic N) is 3. The average molecular weight is 248 g/mol. The molecular weight excluding hydrogens is 238 g/mol. The number of pyridine rings is 1. The molecule has 0 aliphatic rings. The van der Waals surface area contributed by atoms with Gasteiger partial charge in [0.2, 0.25) is 5.78 Å². The minimum Gasteiger partial charge on any atom is -0.287 e. The van der Waals surface area contributed by atoms with Crippen molar-refractivity contribution in [2.75, 3.05) is 0 Å². The summed E-state index contributed by atoms with van der Waals surface area (Å²) in [5.41, 5.74) is 0.967. The Hall–Kier alpha value is -1.94. The van der Waals surface area contributed by atoms with E-state index in [4.69, 9.17) is 11.6 Å². The van der Waals surface area contributed by atoms with E-state index in [9.17, 15) is 4.79 Å². The lowest BCUT2D eigenvalue weighted by atomic mass is 10.2. The quantitative estimate of drug-likeness (QED) is 0.618. The van der Waals surface area contributed by atoms with E-state index < -0.39 is 0 Å². The van der Waals surface area contributed by atoms with E-state index in [2.05, 4.69) is 10.1 Å². The maximum absolute atomic E-state index is 11.8. The second-order valence-corrected chi connectivity index (χ2v) is 3.86. The van der Waals surface area contributed by atoms with Crippen molar-refractivity contribution in [3.8, 4) is 0 Å². The van der Waals surface area contributed by atoms with Crippen LogP contribution in [0.4, 0.5) is 0 Å². The topological polar surface area (TPSA) is 47.8 Å². The molecule has 0 spiro atoms. The monoisotopic (exact) mass is 247 g/mol. The van der Waals surface area contributed by atoms with Gasteiger partial charge < -0.3 is 0 Å². The number of allylic oxidation sites excluding steroid dienone is 1. The first-order valence-electron chi connectivity index (χ1n) is 4.99. The molecular formula is C12H10ClN3O. The fraction of sp³-hybridized carbons (Fsp3) is 0.0833. The van der Waals surface area contributed by atoms with Crippen molar-refractivity contribution in [3.63, 3.8) is 0 Å². The van der Waals surface area contributed by atoms with Crippen molar-refractivity contribution in [2.45, 2.75) is 0 Å². The Morgan fingerprint density at radius 1 is 1.47 bits per heavy atom. The molecule has 0 saturated carbocycles. The largest absolute Gasteiger partial charge is 0.287 e. The number of halogens is 1. The summed E-state index contributed by atoms with van der Waals surface area (Å²) in [6.45, 7) is 0. The second kappa shape index (κ2) is 4.93. The number of ketones is 1. The van der Waals surface area contributed by atoms with E-state index in [-0.39, 0.29) is 11.5 Å². The Bertz CT molecular complexity index is 560. The summed E-state index contributed by atoms with van der Waals surface area (Å²) in [4.78, 5) is 15.9. The zero-order chi connectivity index (χ0) is 12.3. The van der Waals surface area contributed by atoms with Gasteiger partial charge in [0.25, 0.3) is 0 Å². The van der Waals surface area contributed by atoms with Crippen molar-refractivity contribution < 1.29 is 4.79 Å². The van der Waals surface area contributed by atoms with Gasteiger partial charge in [0.1, 0.15) is 0 Å². The lowest BCUT2D eigenvalue weighted by Crippen LogP contribution is -1.98. The molecule has 0 aliphatic carbocycles. The fourth-order valence-electron chi connectivity index (χ4n) is 1.34. The Morgan fingerprint density at radius 2 is 2.29 bits per heavy atom. The molecule has 0 unspecified atom stereocenters. The molecule has 17 heavy (non-hydrogen) atoms. The third-order valence-corrected chi connectivity index (χ3v) is 2.39. The normalized spacial score (nSPS) is 10.9. The standard InChI is InChI=1S/C12H10ClN3O/c1-16-8-10(13)12(15-16)11(17)6-5-9-4-2-3-7-14-9/h2-8H,1H3/b6-5+. The van der Waals surface area contributed by atoms with E-state index in [1.54, 1.807) is 25.5 Å². The molecule has 0 N–H and O–H groups in total. The number of aryl methyl sites for hydroxylation is 1. The average Bonchev–Trinajstić information content (AvgIpc) is 2.67. The molecule has 0 saturated heterocycles. The third kappa shape index (κ3) is 2.79. The van der Waals surface area contributed by atoms with Gasteiger partial charge in [-0.3, -0.25) is 14.5 Å². The van der Waals surface area contributed by atoms with Crippen LogP contribution in [0.25, 0.3) is 6.08 Å². The van der Waals surface area contributed by atoms with E-state index in [1.807, 2.05) is 18.2 Å². The van der Waals surface area contributed by atoms with Gasteiger partial charge in [0, 0.05) is 19.4 Å². The zero-order valence-electron chi connectivity index (χ0n) is 9.17. The predicted octanol–water partition coefficient (Wildman–Crippen LogP) is 2.36. The van der Waals surface area contributed by atoms with Crippen molar-refractivity contribution >= 4 is 23.5 Å². The smallest absolute Gasteiger partial charge is 0.207 e. The molecule has 5 heteroatoms. The predicted molar refractivity (Wildman–Crippen MR) is 65.8 cm³/mol. The number of carbonyl (C=O) groups is 1. The zero-order valence-corrected chi connectivity index (χ0v) is 9.93. The molecule has 0 bridgehead atoms. The van der Waals surface area contributed by atoms with Gasteiger partial charge in [-0.25, -0.2) is 0 Å². The summed E-state index contributed by atoms with van der Waals surface area (Å²) >= 11 is 5.87. The molecule has 86 valence electrons. The molecule has 4 nitrogen and oxygen atoms in total. The van der Waals surface area contributed by atoms with Gasteiger partial charge in [0.15, 0.2) is 5.69 Å².